The molecule has 2 heterocycles. The molecule has 2 amide bonds. The Morgan fingerprint density at radius 1 is 0.793 bits per heavy atom. The third-order valence-corrected chi connectivity index (χ3v) is 6.01. The molecule has 29 heavy (non-hydrogen) atoms. The zero-order valence-corrected chi connectivity index (χ0v) is 17.5. The zero-order valence-electron chi connectivity index (χ0n) is 17.5. The number of hydrogen-bond acceptors (Lipinski definition) is 4. The second-order valence-electron chi connectivity index (χ2n) is 8.03. The van der Waals surface area contributed by atoms with Crippen molar-refractivity contribution in [1.82, 2.24) is 9.80 Å². The second-order valence-corrected chi connectivity index (χ2v) is 8.03. The maximum Gasteiger partial charge on any atom is 0.321 e. The van der Waals surface area contributed by atoms with E-state index in [2.05, 4.69) is 70.4 Å². The van der Waals surface area contributed by atoms with E-state index in [0.29, 0.717) is 0 Å². The van der Waals surface area contributed by atoms with Crippen LogP contribution in [0.25, 0.3) is 0 Å². The third-order valence-electron chi connectivity index (χ3n) is 6.01. The number of likely N-dealkylation sites (N-methyl/N-ethyl adjacent to an activating group) is 1. The predicted molar refractivity (Wildman–Crippen MR) is 120 cm³/mol. The van der Waals surface area contributed by atoms with E-state index in [-0.39, 0.29) is 6.03 Å². The number of carbonyl (C=O) groups excluding carboxylic acids is 1. The zero-order chi connectivity index (χ0) is 20.2. The van der Waals surface area contributed by atoms with E-state index in [9.17, 15) is 4.79 Å². The molecule has 2 aromatic carbocycles. The lowest BCUT2D eigenvalue weighted by Gasteiger charge is -2.36. The Hall–Kier alpha value is -2.73. The number of anilines is 3. The molecule has 2 fully saturated rings. The van der Waals surface area contributed by atoms with Gasteiger partial charge in [-0.25, -0.2) is 4.79 Å². The van der Waals surface area contributed by atoms with Gasteiger partial charge in [0.05, 0.1) is 0 Å². The number of nitrogens with zero attached hydrogens (tertiary/aromatic N) is 4. The molecule has 0 atom stereocenters. The van der Waals surface area contributed by atoms with Crippen LogP contribution in [0.4, 0.5) is 21.9 Å². The van der Waals surface area contributed by atoms with Crippen LogP contribution in [0.15, 0.2) is 48.5 Å². The summed E-state index contributed by atoms with van der Waals surface area (Å²) in [7, 11) is 2.16. The molecular weight excluding hydrogens is 362 g/mol. The third kappa shape index (κ3) is 4.65. The predicted octanol–water partition coefficient (Wildman–Crippen LogP) is 3.10. The van der Waals surface area contributed by atoms with Crippen LogP contribution in [0.5, 0.6) is 0 Å². The molecule has 0 unspecified atom stereocenters. The van der Waals surface area contributed by atoms with Crippen molar-refractivity contribution in [2.75, 3.05) is 74.5 Å². The van der Waals surface area contributed by atoms with Gasteiger partial charge in [-0.2, -0.15) is 0 Å². The average molecular weight is 394 g/mol. The van der Waals surface area contributed by atoms with E-state index in [0.717, 1.165) is 58.0 Å². The lowest BCUT2D eigenvalue weighted by atomic mass is 10.1. The fourth-order valence-electron chi connectivity index (χ4n) is 4.09. The molecule has 2 aliphatic heterocycles. The minimum Gasteiger partial charge on any atom is -0.369 e. The van der Waals surface area contributed by atoms with Crippen molar-refractivity contribution < 1.29 is 4.79 Å². The summed E-state index contributed by atoms with van der Waals surface area (Å²) in [6, 6.07) is 16.7. The van der Waals surface area contributed by atoms with E-state index in [1.807, 2.05) is 17.0 Å². The van der Waals surface area contributed by atoms with Crippen molar-refractivity contribution in [2.24, 2.45) is 0 Å². The Bertz CT molecular complexity index is 821. The first kappa shape index (κ1) is 19.6. The number of carbonyl (C=O) groups is 1. The maximum atomic E-state index is 12.7. The van der Waals surface area contributed by atoms with Gasteiger partial charge in [-0.1, -0.05) is 18.2 Å². The van der Waals surface area contributed by atoms with Crippen LogP contribution in [0, 0.1) is 6.92 Å². The summed E-state index contributed by atoms with van der Waals surface area (Å²) < 4.78 is 0. The van der Waals surface area contributed by atoms with Crippen LogP contribution in [0.3, 0.4) is 0 Å². The molecule has 0 saturated carbocycles. The van der Waals surface area contributed by atoms with Gasteiger partial charge < -0.3 is 24.9 Å². The van der Waals surface area contributed by atoms with E-state index in [1.165, 1.54) is 16.9 Å². The van der Waals surface area contributed by atoms with E-state index < -0.39 is 0 Å². The van der Waals surface area contributed by atoms with Crippen LogP contribution < -0.4 is 15.1 Å². The lowest BCUT2D eigenvalue weighted by Crippen LogP contribution is -2.50. The van der Waals surface area contributed by atoms with Crippen LogP contribution in [0.2, 0.25) is 0 Å². The smallest absolute Gasteiger partial charge is 0.321 e. The van der Waals surface area contributed by atoms with Gasteiger partial charge in [0.25, 0.3) is 0 Å². The van der Waals surface area contributed by atoms with Gasteiger partial charge in [0, 0.05) is 69.4 Å². The van der Waals surface area contributed by atoms with Crippen LogP contribution in [-0.4, -0.2) is 75.2 Å². The number of nitrogens with one attached hydrogen (secondary N) is 1. The number of rotatable bonds is 3. The first-order valence-corrected chi connectivity index (χ1v) is 10.5. The van der Waals surface area contributed by atoms with Gasteiger partial charge in [-0.15, -0.1) is 0 Å². The van der Waals surface area contributed by atoms with Gasteiger partial charge in [0.1, 0.15) is 0 Å². The Labute approximate surface area is 173 Å². The van der Waals surface area contributed by atoms with E-state index in [4.69, 9.17) is 0 Å². The van der Waals surface area contributed by atoms with Crippen molar-refractivity contribution in [3.8, 4) is 0 Å². The SMILES string of the molecule is Cc1ccccc1N1CCN(C(=O)Nc2ccc(N3CCN(C)CC3)cc2)CC1. The van der Waals surface area contributed by atoms with Crippen LogP contribution in [-0.2, 0) is 0 Å². The summed E-state index contributed by atoms with van der Waals surface area (Å²) >= 11 is 0. The summed E-state index contributed by atoms with van der Waals surface area (Å²) in [6.07, 6.45) is 0. The Kier molecular flexibility index (Phi) is 5.90. The fraction of sp³-hybridized carbons (Fsp3) is 0.435. The average Bonchev–Trinajstić information content (AvgIpc) is 2.75. The second kappa shape index (κ2) is 8.74. The number of amides is 2. The standard InChI is InChI=1S/C23H31N5O/c1-19-5-3-4-6-22(19)27-15-17-28(18-16-27)23(29)24-20-7-9-21(10-8-20)26-13-11-25(2)12-14-26/h3-10H,11-18H2,1-2H3,(H,24,29). The molecule has 0 aliphatic carbocycles. The highest BCUT2D eigenvalue weighted by atomic mass is 16.2. The van der Waals surface area contributed by atoms with Crippen molar-refractivity contribution in [2.45, 2.75) is 6.92 Å². The Morgan fingerprint density at radius 3 is 2.07 bits per heavy atom. The topological polar surface area (TPSA) is 42.1 Å². The number of aryl methyl sites for hydroxylation is 1. The van der Waals surface area contributed by atoms with E-state index >= 15 is 0 Å². The first-order chi connectivity index (χ1) is 14.1. The quantitative estimate of drug-likeness (QED) is 0.870. The lowest BCUT2D eigenvalue weighted by molar-refractivity contribution is 0.208. The molecule has 0 spiro atoms. The summed E-state index contributed by atoms with van der Waals surface area (Å²) in [5.41, 5.74) is 4.63. The van der Waals surface area contributed by atoms with Crippen LogP contribution in [0.1, 0.15) is 5.56 Å². The molecule has 2 aromatic rings. The molecule has 0 radical (unpaired) electrons. The monoisotopic (exact) mass is 393 g/mol. The maximum absolute atomic E-state index is 12.7. The molecule has 1 N–H and O–H groups in total. The molecule has 0 aromatic heterocycles. The molecule has 6 heteroatoms. The minimum absolute atomic E-state index is 0.0122. The molecule has 2 aliphatic rings. The highest BCUT2D eigenvalue weighted by molar-refractivity contribution is 5.89. The number of hydrogen-bond donors (Lipinski definition) is 1. The van der Waals surface area contributed by atoms with Crippen molar-refractivity contribution >= 4 is 23.1 Å². The summed E-state index contributed by atoms with van der Waals surface area (Å²) in [4.78, 5) is 21.7. The fourth-order valence-corrected chi connectivity index (χ4v) is 4.09. The molecular formula is C23H31N5O. The number of benzene rings is 2. The Morgan fingerprint density at radius 2 is 1.41 bits per heavy atom. The number of piperazine rings is 2. The molecule has 6 nitrogen and oxygen atoms in total. The molecule has 154 valence electrons. The van der Waals surface area contributed by atoms with E-state index in [1.54, 1.807) is 0 Å². The van der Waals surface area contributed by atoms with Crippen LogP contribution >= 0.6 is 0 Å². The van der Waals surface area contributed by atoms with Gasteiger partial charge in [0.2, 0.25) is 0 Å². The summed E-state index contributed by atoms with van der Waals surface area (Å²) in [5.74, 6) is 0. The van der Waals surface area contributed by atoms with Crippen molar-refractivity contribution in [3.63, 3.8) is 0 Å². The summed E-state index contributed by atoms with van der Waals surface area (Å²) in [5, 5.41) is 3.06. The first-order valence-electron chi connectivity index (χ1n) is 10.5. The van der Waals surface area contributed by atoms with Gasteiger partial charge in [-0.05, 0) is 49.9 Å². The normalized spacial score (nSPS) is 18.1. The summed E-state index contributed by atoms with van der Waals surface area (Å²) in [6.45, 7) is 9.61. The minimum atomic E-state index is -0.0122. The van der Waals surface area contributed by atoms with Crippen molar-refractivity contribution in [1.29, 1.82) is 0 Å². The Balaban J connectivity index is 1.29. The van der Waals surface area contributed by atoms with Gasteiger partial charge in [0.15, 0.2) is 0 Å². The number of urea groups is 1. The van der Waals surface area contributed by atoms with Gasteiger partial charge >= 0.3 is 6.03 Å². The van der Waals surface area contributed by atoms with Crippen molar-refractivity contribution in [3.05, 3.63) is 54.1 Å². The number of para-hydroxylation sites is 1. The highest BCUT2D eigenvalue weighted by Crippen LogP contribution is 2.22. The largest absolute Gasteiger partial charge is 0.369 e. The molecule has 2 saturated heterocycles. The van der Waals surface area contributed by atoms with Gasteiger partial charge in [-0.3, -0.25) is 0 Å². The molecule has 0 bridgehead atoms. The highest BCUT2D eigenvalue weighted by Gasteiger charge is 2.22. The molecule has 4 rings (SSSR count).